The van der Waals surface area contributed by atoms with E-state index in [4.69, 9.17) is 15.0 Å². The Labute approximate surface area is 127 Å². The summed E-state index contributed by atoms with van der Waals surface area (Å²) in [6.07, 6.45) is 0. The summed E-state index contributed by atoms with van der Waals surface area (Å²) in [6.45, 7) is -0.0552. The molecule has 0 bridgehead atoms. The predicted octanol–water partition coefficient (Wildman–Crippen LogP) is 2.13. The number of nitro benzene ring substituents is 1. The zero-order valence-electron chi connectivity index (χ0n) is 10.5. The Hall–Kier alpha value is -2.39. The van der Waals surface area contributed by atoms with E-state index in [9.17, 15) is 14.9 Å². The molecule has 1 heterocycles. The highest BCUT2D eigenvalue weighted by Gasteiger charge is 2.16. The molecule has 0 radical (unpaired) electrons. The maximum atomic E-state index is 11.2. The third-order valence-corrected chi connectivity index (χ3v) is 3.00. The van der Waals surface area contributed by atoms with Crippen LogP contribution >= 0.6 is 15.9 Å². The van der Waals surface area contributed by atoms with Gasteiger partial charge in [0.15, 0.2) is 11.5 Å². The molecule has 0 atom stereocenters. The molecule has 21 heavy (non-hydrogen) atoms. The van der Waals surface area contributed by atoms with Gasteiger partial charge in [0.2, 0.25) is 0 Å². The van der Waals surface area contributed by atoms with E-state index in [-0.39, 0.29) is 23.8 Å². The maximum Gasteiger partial charge on any atom is 0.312 e. The maximum absolute atomic E-state index is 11.2. The Kier molecular flexibility index (Phi) is 4.55. The van der Waals surface area contributed by atoms with E-state index in [0.29, 0.717) is 10.2 Å². The van der Waals surface area contributed by atoms with Crippen molar-refractivity contribution in [2.24, 2.45) is 5.84 Å². The number of hydrogen-bond acceptors (Lipinski definition) is 6. The average Bonchev–Trinajstić information content (AvgIpc) is 2.93. The molecule has 0 saturated heterocycles. The molecule has 0 aliphatic carbocycles. The van der Waals surface area contributed by atoms with Gasteiger partial charge in [-0.15, -0.1) is 0 Å². The molecule has 3 N–H and O–H groups in total. The van der Waals surface area contributed by atoms with Crippen LogP contribution in [0.4, 0.5) is 5.69 Å². The summed E-state index contributed by atoms with van der Waals surface area (Å²) in [5.41, 5.74) is 1.76. The van der Waals surface area contributed by atoms with Crippen LogP contribution < -0.4 is 16.0 Å². The molecule has 110 valence electrons. The molecule has 1 amide bonds. The molecule has 0 aliphatic rings. The molecule has 0 saturated carbocycles. The number of carbonyl (C=O) groups is 1. The number of ether oxygens (including phenoxy) is 1. The number of amides is 1. The Balaban J connectivity index is 2.11. The van der Waals surface area contributed by atoms with Crippen molar-refractivity contribution in [3.05, 3.63) is 56.4 Å². The second-order valence-corrected chi connectivity index (χ2v) is 4.81. The Bertz CT molecular complexity index is 685. The molecule has 0 aliphatic heterocycles. The molecule has 2 aromatic rings. The summed E-state index contributed by atoms with van der Waals surface area (Å²) < 4.78 is 11.1. The van der Waals surface area contributed by atoms with E-state index in [2.05, 4.69) is 15.9 Å². The minimum Gasteiger partial charge on any atom is -0.479 e. The third kappa shape index (κ3) is 3.58. The number of rotatable bonds is 5. The predicted molar refractivity (Wildman–Crippen MR) is 75.5 cm³/mol. The molecule has 2 rings (SSSR count). The van der Waals surface area contributed by atoms with Gasteiger partial charge in [0, 0.05) is 10.5 Å². The van der Waals surface area contributed by atoms with Gasteiger partial charge in [-0.05, 0) is 24.3 Å². The Morgan fingerprint density at radius 1 is 1.43 bits per heavy atom. The third-order valence-electron chi connectivity index (χ3n) is 2.50. The van der Waals surface area contributed by atoms with Gasteiger partial charge in [-0.2, -0.15) is 0 Å². The molecule has 9 heteroatoms. The summed E-state index contributed by atoms with van der Waals surface area (Å²) in [4.78, 5) is 21.6. The number of benzene rings is 1. The van der Waals surface area contributed by atoms with Crippen LogP contribution in [0.3, 0.4) is 0 Å². The number of nitro groups is 1. The first-order valence-corrected chi connectivity index (χ1v) is 6.47. The average molecular weight is 356 g/mol. The second-order valence-electron chi connectivity index (χ2n) is 3.90. The van der Waals surface area contributed by atoms with E-state index >= 15 is 0 Å². The molecule has 0 unspecified atom stereocenters. The topological polar surface area (TPSA) is 121 Å². The van der Waals surface area contributed by atoms with E-state index < -0.39 is 10.8 Å². The smallest absolute Gasteiger partial charge is 0.312 e. The minimum absolute atomic E-state index is 0.0291. The first-order valence-electron chi connectivity index (χ1n) is 5.67. The summed E-state index contributed by atoms with van der Waals surface area (Å²) >= 11 is 3.15. The van der Waals surface area contributed by atoms with Crippen LogP contribution in [-0.4, -0.2) is 10.8 Å². The van der Waals surface area contributed by atoms with Crippen molar-refractivity contribution < 1.29 is 18.9 Å². The van der Waals surface area contributed by atoms with Crippen molar-refractivity contribution in [2.75, 3.05) is 0 Å². The van der Waals surface area contributed by atoms with Gasteiger partial charge in [0.1, 0.15) is 12.4 Å². The normalized spacial score (nSPS) is 10.2. The molecule has 1 aromatic carbocycles. The summed E-state index contributed by atoms with van der Waals surface area (Å²) in [5, 5.41) is 10.9. The number of hydrogen-bond donors (Lipinski definition) is 2. The molecule has 0 fully saturated rings. The van der Waals surface area contributed by atoms with Crippen molar-refractivity contribution in [2.45, 2.75) is 6.61 Å². The number of carbonyl (C=O) groups excluding carboxylic acids is 1. The number of halogens is 1. The lowest BCUT2D eigenvalue weighted by molar-refractivity contribution is -0.386. The zero-order chi connectivity index (χ0) is 15.4. The van der Waals surface area contributed by atoms with Crippen LogP contribution in [0, 0.1) is 10.1 Å². The van der Waals surface area contributed by atoms with Crippen LogP contribution in [0.5, 0.6) is 5.75 Å². The van der Waals surface area contributed by atoms with Crippen LogP contribution in [-0.2, 0) is 6.61 Å². The van der Waals surface area contributed by atoms with Gasteiger partial charge in [-0.25, -0.2) is 5.84 Å². The number of nitrogens with one attached hydrogen (secondary N) is 1. The van der Waals surface area contributed by atoms with E-state index in [1.54, 1.807) is 6.07 Å². The van der Waals surface area contributed by atoms with E-state index in [0.717, 1.165) is 0 Å². The number of furan rings is 1. The molecular formula is C12H10BrN3O5. The lowest BCUT2D eigenvalue weighted by Crippen LogP contribution is -2.29. The lowest BCUT2D eigenvalue weighted by Gasteiger charge is -2.05. The van der Waals surface area contributed by atoms with Crippen LogP contribution in [0.1, 0.15) is 16.3 Å². The highest BCUT2D eigenvalue weighted by molar-refractivity contribution is 9.10. The van der Waals surface area contributed by atoms with Gasteiger partial charge in [-0.1, -0.05) is 15.9 Å². The van der Waals surface area contributed by atoms with Crippen LogP contribution in [0.25, 0.3) is 0 Å². The number of nitrogens with two attached hydrogens (primary N) is 1. The largest absolute Gasteiger partial charge is 0.479 e. The summed E-state index contributed by atoms with van der Waals surface area (Å²) in [5.74, 6) is 4.87. The van der Waals surface area contributed by atoms with Gasteiger partial charge >= 0.3 is 11.6 Å². The fourth-order valence-corrected chi connectivity index (χ4v) is 1.90. The van der Waals surface area contributed by atoms with Crippen molar-refractivity contribution in [3.8, 4) is 5.75 Å². The highest BCUT2D eigenvalue weighted by Crippen LogP contribution is 2.30. The highest BCUT2D eigenvalue weighted by atomic mass is 79.9. The number of nitrogen functional groups attached to an aromatic ring is 1. The summed E-state index contributed by atoms with van der Waals surface area (Å²) in [6, 6.07) is 7.38. The first kappa shape index (κ1) is 15.0. The number of nitrogens with zero attached hydrogens (tertiary/aromatic N) is 1. The van der Waals surface area contributed by atoms with Gasteiger partial charge in [0.25, 0.3) is 0 Å². The molecule has 0 spiro atoms. The molecular weight excluding hydrogens is 346 g/mol. The van der Waals surface area contributed by atoms with Crippen LogP contribution in [0.15, 0.2) is 39.2 Å². The quantitative estimate of drug-likeness (QED) is 0.366. The van der Waals surface area contributed by atoms with Gasteiger partial charge < -0.3 is 9.15 Å². The fraction of sp³-hybridized carbons (Fsp3) is 0.0833. The molecule has 8 nitrogen and oxygen atoms in total. The standard InChI is InChI=1S/C12H10BrN3O5/c13-7-1-3-10(9(5-7)16(18)19)20-6-8-2-4-11(21-8)12(17)15-14/h1-5H,6,14H2,(H,15,17). The second kappa shape index (κ2) is 6.37. The molecule has 1 aromatic heterocycles. The van der Waals surface area contributed by atoms with Crippen molar-refractivity contribution >= 4 is 27.5 Å². The van der Waals surface area contributed by atoms with Crippen LogP contribution in [0.2, 0.25) is 0 Å². The van der Waals surface area contributed by atoms with E-state index in [1.165, 1.54) is 24.3 Å². The number of hydrazine groups is 1. The minimum atomic E-state index is -0.573. The Morgan fingerprint density at radius 3 is 2.86 bits per heavy atom. The fourth-order valence-electron chi connectivity index (χ4n) is 1.55. The Morgan fingerprint density at radius 2 is 2.19 bits per heavy atom. The SMILES string of the molecule is NNC(=O)c1ccc(COc2ccc(Br)cc2[N+](=O)[O-])o1. The van der Waals surface area contributed by atoms with Gasteiger partial charge in [-0.3, -0.25) is 20.3 Å². The lowest BCUT2D eigenvalue weighted by atomic mass is 10.3. The van der Waals surface area contributed by atoms with E-state index in [1.807, 2.05) is 5.43 Å². The monoisotopic (exact) mass is 355 g/mol. The van der Waals surface area contributed by atoms with Crippen molar-refractivity contribution in [1.82, 2.24) is 5.43 Å². The first-order chi connectivity index (χ1) is 10.0. The van der Waals surface area contributed by atoms with Gasteiger partial charge in [0.05, 0.1) is 4.92 Å². The van der Waals surface area contributed by atoms with Crippen molar-refractivity contribution in [1.29, 1.82) is 0 Å². The van der Waals surface area contributed by atoms with Crippen molar-refractivity contribution in [3.63, 3.8) is 0 Å². The summed E-state index contributed by atoms with van der Waals surface area (Å²) in [7, 11) is 0. The zero-order valence-corrected chi connectivity index (χ0v) is 12.1.